The number of hydrogen-bond acceptors (Lipinski definition) is 4. The zero-order valence-corrected chi connectivity index (χ0v) is 12.3. The molecule has 1 unspecified atom stereocenters. The summed E-state index contributed by atoms with van der Waals surface area (Å²) in [6, 6.07) is -0.0967. The van der Waals surface area contributed by atoms with E-state index in [1.54, 1.807) is 10.9 Å². The van der Waals surface area contributed by atoms with Crippen molar-refractivity contribution < 1.29 is 4.79 Å². The Morgan fingerprint density at radius 3 is 2.60 bits per heavy atom. The molecule has 0 bridgehead atoms. The van der Waals surface area contributed by atoms with Crippen LogP contribution >= 0.6 is 0 Å². The number of amides is 1. The van der Waals surface area contributed by atoms with Gasteiger partial charge in [0.1, 0.15) is 6.54 Å². The first-order valence-electron chi connectivity index (χ1n) is 7.64. The number of hydrogen-bond donors (Lipinski definition) is 1. The van der Waals surface area contributed by atoms with Gasteiger partial charge in [-0.15, -0.1) is 5.10 Å². The lowest BCUT2D eigenvalue weighted by Crippen LogP contribution is -2.36. The molecule has 1 atom stereocenters. The molecule has 0 aliphatic carbocycles. The van der Waals surface area contributed by atoms with E-state index in [0.717, 1.165) is 38.0 Å². The Labute approximate surface area is 120 Å². The third-order valence-corrected chi connectivity index (χ3v) is 3.88. The van der Waals surface area contributed by atoms with Crippen LogP contribution in [0.25, 0.3) is 0 Å². The van der Waals surface area contributed by atoms with Crippen molar-refractivity contribution in [2.24, 2.45) is 5.73 Å². The van der Waals surface area contributed by atoms with Crippen LogP contribution in [-0.4, -0.2) is 38.9 Å². The maximum Gasteiger partial charge on any atom is 0.244 e. The Morgan fingerprint density at radius 1 is 1.30 bits per heavy atom. The van der Waals surface area contributed by atoms with E-state index in [-0.39, 0.29) is 18.5 Å². The van der Waals surface area contributed by atoms with Gasteiger partial charge in [0, 0.05) is 13.1 Å². The van der Waals surface area contributed by atoms with Crippen LogP contribution < -0.4 is 5.73 Å². The van der Waals surface area contributed by atoms with Gasteiger partial charge in [0.25, 0.3) is 0 Å². The molecule has 0 radical (unpaired) electrons. The molecule has 1 fully saturated rings. The van der Waals surface area contributed by atoms with Gasteiger partial charge in [0.05, 0.1) is 17.9 Å². The smallest absolute Gasteiger partial charge is 0.244 e. The molecule has 0 aromatic carbocycles. The average Bonchev–Trinajstić information content (AvgIpc) is 2.85. The van der Waals surface area contributed by atoms with E-state index in [1.165, 1.54) is 19.3 Å². The fourth-order valence-electron chi connectivity index (χ4n) is 2.51. The van der Waals surface area contributed by atoms with Crippen molar-refractivity contribution in [1.82, 2.24) is 19.9 Å². The number of carbonyl (C=O) groups is 1. The molecular weight excluding hydrogens is 254 g/mol. The first-order valence-corrected chi connectivity index (χ1v) is 7.64. The molecule has 1 saturated heterocycles. The van der Waals surface area contributed by atoms with E-state index in [1.807, 2.05) is 11.8 Å². The zero-order chi connectivity index (χ0) is 14.4. The zero-order valence-electron chi connectivity index (χ0n) is 12.3. The molecule has 1 amide bonds. The lowest BCUT2D eigenvalue weighted by Gasteiger charge is -2.24. The number of rotatable bonds is 4. The minimum atomic E-state index is -0.0967. The molecule has 2 heterocycles. The fraction of sp³-hybridized carbons (Fsp3) is 0.786. The van der Waals surface area contributed by atoms with Gasteiger partial charge >= 0.3 is 0 Å². The standard InChI is InChI=1S/C14H25N5O/c1-2-12(15)13-10-19(17-16-13)11-14(20)18-8-6-4-3-5-7-9-18/h10,12H,2-9,11,15H2,1H3. The third kappa shape index (κ3) is 4.03. The van der Waals surface area contributed by atoms with E-state index in [9.17, 15) is 4.79 Å². The highest BCUT2D eigenvalue weighted by Crippen LogP contribution is 2.12. The molecule has 112 valence electrons. The lowest BCUT2D eigenvalue weighted by atomic mass is 10.1. The van der Waals surface area contributed by atoms with Gasteiger partial charge in [-0.25, -0.2) is 4.68 Å². The molecule has 1 aromatic heterocycles. The molecule has 20 heavy (non-hydrogen) atoms. The van der Waals surface area contributed by atoms with E-state index in [2.05, 4.69) is 10.3 Å². The maximum absolute atomic E-state index is 12.3. The minimum absolute atomic E-state index is 0.0967. The van der Waals surface area contributed by atoms with Crippen LogP contribution in [0, 0.1) is 0 Å². The fourth-order valence-corrected chi connectivity index (χ4v) is 2.51. The predicted molar refractivity (Wildman–Crippen MR) is 76.9 cm³/mol. The van der Waals surface area contributed by atoms with Gasteiger partial charge in [0.2, 0.25) is 5.91 Å². The van der Waals surface area contributed by atoms with Crippen molar-refractivity contribution >= 4 is 5.91 Å². The van der Waals surface area contributed by atoms with Crippen molar-refractivity contribution in [3.63, 3.8) is 0 Å². The van der Waals surface area contributed by atoms with Crippen molar-refractivity contribution in [3.05, 3.63) is 11.9 Å². The van der Waals surface area contributed by atoms with E-state index in [4.69, 9.17) is 5.73 Å². The average molecular weight is 279 g/mol. The normalized spacial score (nSPS) is 18.4. The molecule has 2 N–H and O–H groups in total. The van der Waals surface area contributed by atoms with Gasteiger partial charge in [-0.3, -0.25) is 4.79 Å². The van der Waals surface area contributed by atoms with Crippen LogP contribution in [0.2, 0.25) is 0 Å². The van der Waals surface area contributed by atoms with Crippen LogP contribution in [-0.2, 0) is 11.3 Å². The summed E-state index contributed by atoms with van der Waals surface area (Å²) in [4.78, 5) is 14.2. The summed E-state index contributed by atoms with van der Waals surface area (Å²) in [5.41, 5.74) is 6.67. The van der Waals surface area contributed by atoms with Crippen molar-refractivity contribution in [3.8, 4) is 0 Å². The SMILES string of the molecule is CCC(N)c1cn(CC(=O)N2CCCCCCC2)nn1. The second-order valence-corrected chi connectivity index (χ2v) is 5.50. The third-order valence-electron chi connectivity index (χ3n) is 3.88. The number of aromatic nitrogens is 3. The molecule has 0 saturated carbocycles. The Balaban J connectivity index is 1.91. The van der Waals surface area contributed by atoms with Crippen molar-refractivity contribution in [2.45, 2.75) is 58.0 Å². The van der Waals surface area contributed by atoms with Gasteiger partial charge < -0.3 is 10.6 Å². The van der Waals surface area contributed by atoms with Gasteiger partial charge in [-0.05, 0) is 19.3 Å². The highest BCUT2D eigenvalue weighted by atomic mass is 16.2. The molecule has 6 heteroatoms. The Hall–Kier alpha value is -1.43. The Morgan fingerprint density at radius 2 is 1.95 bits per heavy atom. The van der Waals surface area contributed by atoms with E-state index < -0.39 is 0 Å². The summed E-state index contributed by atoms with van der Waals surface area (Å²) in [7, 11) is 0. The monoisotopic (exact) mass is 279 g/mol. The Kier molecular flexibility index (Phi) is 5.52. The molecular formula is C14H25N5O. The quantitative estimate of drug-likeness (QED) is 0.905. The summed E-state index contributed by atoms with van der Waals surface area (Å²) in [5, 5.41) is 8.04. The Bertz CT molecular complexity index is 423. The summed E-state index contributed by atoms with van der Waals surface area (Å²) in [5.74, 6) is 0.133. The highest BCUT2D eigenvalue weighted by molar-refractivity contribution is 5.75. The van der Waals surface area contributed by atoms with Crippen LogP contribution in [0.4, 0.5) is 0 Å². The number of nitrogens with two attached hydrogens (primary N) is 1. The minimum Gasteiger partial charge on any atom is -0.341 e. The summed E-state index contributed by atoms with van der Waals surface area (Å²) in [6.45, 7) is 4.02. The van der Waals surface area contributed by atoms with Crippen molar-refractivity contribution in [2.75, 3.05) is 13.1 Å². The number of carbonyl (C=O) groups excluding carboxylic acids is 1. The number of nitrogens with zero attached hydrogens (tertiary/aromatic N) is 4. The molecule has 2 rings (SSSR count). The predicted octanol–water partition coefficient (Wildman–Crippen LogP) is 1.48. The second-order valence-electron chi connectivity index (χ2n) is 5.50. The molecule has 1 aliphatic heterocycles. The summed E-state index contributed by atoms with van der Waals surface area (Å²) >= 11 is 0. The first kappa shape index (κ1) is 15.0. The van der Waals surface area contributed by atoms with Gasteiger partial charge in [-0.2, -0.15) is 0 Å². The topological polar surface area (TPSA) is 77.0 Å². The lowest BCUT2D eigenvalue weighted by molar-refractivity contribution is -0.132. The summed E-state index contributed by atoms with van der Waals surface area (Å²) < 4.78 is 1.60. The largest absolute Gasteiger partial charge is 0.341 e. The summed E-state index contributed by atoms with van der Waals surface area (Å²) in [6.07, 6.45) is 8.56. The first-order chi connectivity index (χ1) is 9.70. The van der Waals surface area contributed by atoms with Gasteiger partial charge in [-0.1, -0.05) is 31.4 Å². The molecule has 0 spiro atoms. The van der Waals surface area contributed by atoms with Crippen LogP contribution in [0.15, 0.2) is 6.20 Å². The van der Waals surface area contributed by atoms with Crippen molar-refractivity contribution in [1.29, 1.82) is 0 Å². The maximum atomic E-state index is 12.3. The second kappa shape index (κ2) is 7.38. The van der Waals surface area contributed by atoms with Gasteiger partial charge in [0.15, 0.2) is 0 Å². The van der Waals surface area contributed by atoms with Crippen LogP contribution in [0.5, 0.6) is 0 Å². The molecule has 6 nitrogen and oxygen atoms in total. The molecule has 1 aromatic rings. The van der Waals surface area contributed by atoms with Crippen LogP contribution in [0.3, 0.4) is 0 Å². The van der Waals surface area contributed by atoms with E-state index in [0.29, 0.717) is 0 Å². The highest BCUT2D eigenvalue weighted by Gasteiger charge is 2.16. The molecule has 1 aliphatic rings. The number of likely N-dealkylation sites (tertiary alicyclic amines) is 1. The van der Waals surface area contributed by atoms with E-state index >= 15 is 0 Å². The van der Waals surface area contributed by atoms with Crippen LogP contribution in [0.1, 0.15) is 57.2 Å².